The molecule has 0 saturated carbocycles. The third-order valence-electron chi connectivity index (χ3n) is 5.02. The maximum absolute atomic E-state index is 12.9. The number of aryl methyl sites for hydroxylation is 2. The number of hydrogen-bond acceptors (Lipinski definition) is 6. The Bertz CT molecular complexity index is 1030. The maximum Gasteiger partial charge on any atom is 0.411 e. The molecule has 0 aliphatic carbocycles. The lowest BCUT2D eigenvalue weighted by atomic mass is 10.0. The SMILES string of the molecule is Cc1cc(OC(=O)C2CCCN2C(=O)OC(C)(C)C)c2c(C)c(C)c(=O)oc2c1. The first-order valence-electron chi connectivity index (χ1n) is 9.74. The van der Waals surface area contributed by atoms with Crippen LogP contribution in [0.2, 0.25) is 0 Å². The number of nitrogens with zero attached hydrogens (tertiary/aromatic N) is 1. The molecule has 2 heterocycles. The molecule has 156 valence electrons. The summed E-state index contributed by atoms with van der Waals surface area (Å²) in [6.45, 7) is 11.1. The van der Waals surface area contributed by atoms with E-state index in [-0.39, 0.29) is 0 Å². The molecule has 0 bridgehead atoms. The molecule has 1 saturated heterocycles. The monoisotopic (exact) mass is 401 g/mol. The van der Waals surface area contributed by atoms with Gasteiger partial charge < -0.3 is 13.9 Å². The van der Waals surface area contributed by atoms with Crippen LogP contribution in [0.5, 0.6) is 5.75 Å². The van der Waals surface area contributed by atoms with Gasteiger partial charge >= 0.3 is 17.7 Å². The summed E-state index contributed by atoms with van der Waals surface area (Å²) in [5.74, 6) is -0.200. The van der Waals surface area contributed by atoms with Gasteiger partial charge in [0.25, 0.3) is 0 Å². The van der Waals surface area contributed by atoms with E-state index in [1.54, 1.807) is 46.8 Å². The Labute approximate surface area is 169 Å². The van der Waals surface area contributed by atoms with Crippen molar-refractivity contribution in [1.82, 2.24) is 4.90 Å². The van der Waals surface area contributed by atoms with E-state index in [0.29, 0.717) is 47.2 Å². The average Bonchev–Trinajstić information content (AvgIpc) is 3.07. The molecular weight excluding hydrogens is 374 g/mol. The van der Waals surface area contributed by atoms with Crippen molar-refractivity contribution >= 4 is 23.0 Å². The molecule has 2 aromatic rings. The van der Waals surface area contributed by atoms with Crippen LogP contribution in [0.3, 0.4) is 0 Å². The molecule has 1 atom stereocenters. The van der Waals surface area contributed by atoms with Crippen LogP contribution in [-0.4, -0.2) is 35.2 Å². The Morgan fingerprint density at radius 1 is 1.14 bits per heavy atom. The van der Waals surface area contributed by atoms with Crippen LogP contribution in [0.25, 0.3) is 11.0 Å². The summed E-state index contributed by atoms with van der Waals surface area (Å²) in [5.41, 5.74) is 1.28. The summed E-state index contributed by atoms with van der Waals surface area (Å²) in [5, 5.41) is 0.586. The number of fused-ring (bicyclic) bond motifs is 1. The largest absolute Gasteiger partial charge is 0.444 e. The van der Waals surface area contributed by atoms with Gasteiger partial charge in [-0.25, -0.2) is 14.4 Å². The molecule has 1 aromatic carbocycles. The highest BCUT2D eigenvalue weighted by Crippen LogP contribution is 2.32. The van der Waals surface area contributed by atoms with E-state index >= 15 is 0 Å². The van der Waals surface area contributed by atoms with Crippen LogP contribution in [0.4, 0.5) is 4.79 Å². The first kappa shape index (κ1) is 20.9. The van der Waals surface area contributed by atoms with E-state index in [0.717, 1.165) is 5.56 Å². The maximum atomic E-state index is 12.9. The number of carbonyl (C=O) groups is 2. The van der Waals surface area contributed by atoms with Crippen molar-refractivity contribution in [2.24, 2.45) is 0 Å². The van der Waals surface area contributed by atoms with Gasteiger partial charge in [-0.2, -0.15) is 0 Å². The van der Waals surface area contributed by atoms with Crippen molar-refractivity contribution in [2.45, 2.75) is 66.0 Å². The molecular formula is C22H27NO6. The first-order valence-corrected chi connectivity index (χ1v) is 9.74. The molecule has 0 radical (unpaired) electrons. The van der Waals surface area contributed by atoms with E-state index in [2.05, 4.69) is 0 Å². The lowest BCUT2D eigenvalue weighted by Gasteiger charge is -2.27. The average molecular weight is 401 g/mol. The summed E-state index contributed by atoms with van der Waals surface area (Å²) >= 11 is 0. The Hall–Kier alpha value is -2.83. The summed E-state index contributed by atoms with van der Waals surface area (Å²) in [6, 6.07) is 2.76. The van der Waals surface area contributed by atoms with Crippen LogP contribution in [0, 0.1) is 20.8 Å². The van der Waals surface area contributed by atoms with Gasteiger partial charge in [0.05, 0.1) is 5.39 Å². The highest BCUT2D eigenvalue weighted by atomic mass is 16.6. The van der Waals surface area contributed by atoms with Crippen LogP contribution < -0.4 is 10.4 Å². The lowest BCUT2D eigenvalue weighted by molar-refractivity contribution is -0.139. The van der Waals surface area contributed by atoms with E-state index in [1.165, 1.54) is 4.90 Å². The van der Waals surface area contributed by atoms with Gasteiger partial charge in [-0.05, 0) is 77.6 Å². The van der Waals surface area contributed by atoms with Gasteiger partial charge in [0.1, 0.15) is 23.0 Å². The predicted octanol–water partition coefficient (Wildman–Crippen LogP) is 4.02. The Balaban J connectivity index is 1.92. The molecule has 1 aromatic heterocycles. The number of ether oxygens (including phenoxy) is 2. The lowest BCUT2D eigenvalue weighted by Crippen LogP contribution is -2.44. The molecule has 1 amide bonds. The number of likely N-dealkylation sites (tertiary alicyclic amines) is 1. The second-order valence-electron chi connectivity index (χ2n) is 8.53. The van der Waals surface area contributed by atoms with Crippen molar-refractivity contribution in [1.29, 1.82) is 0 Å². The topological polar surface area (TPSA) is 86.0 Å². The van der Waals surface area contributed by atoms with E-state index < -0.39 is 29.3 Å². The number of amides is 1. The number of benzene rings is 1. The molecule has 1 unspecified atom stereocenters. The number of esters is 1. The molecule has 29 heavy (non-hydrogen) atoms. The van der Waals surface area contributed by atoms with Gasteiger partial charge in [0.15, 0.2) is 0 Å². The molecule has 7 nitrogen and oxygen atoms in total. The summed E-state index contributed by atoms with van der Waals surface area (Å²) in [4.78, 5) is 38.9. The van der Waals surface area contributed by atoms with Crippen LogP contribution in [-0.2, 0) is 9.53 Å². The quantitative estimate of drug-likeness (QED) is 0.429. The molecule has 1 fully saturated rings. The summed E-state index contributed by atoms with van der Waals surface area (Å²) < 4.78 is 16.5. The smallest absolute Gasteiger partial charge is 0.411 e. The zero-order valence-electron chi connectivity index (χ0n) is 17.8. The van der Waals surface area contributed by atoms with Gasteiger partial charge in [0.2, 0.25) is 0 Å². The predicted molar refractivity (Wildman–Crippen MR) is 108 cm³/mol. The molecule has 1 aliphatic rings. The second kappa shape index (κ2) is 7.54. The van der Waals surface area contributed by atoms with Gasteiger partial charge in [-0.15, -0.1) is 0 Å². The minimum absolute atomic E-state index is 0.324. The number of carbonyl (C=O) groups excluding carboxylic acids is 2. The molecule has 1 aliphatic heterocycles. The van der Waals surface area contributed by atoms with Crippen molar-refractivity contribution in [3.05, 3.63) is 39.2 Å². The fourth-order valence-corrected chi connectivity index (χ4v) is 3.50. The summed E-state index contributed by atoms with van der Waals surface area (Å²) in [7, 11) is 0. The standard InChI is InChI=1S/C22H27NO6/c1-12-10-16-18(13(2)14(3)19(24)27-16)17(11-12)28-20(25)15-8-7-9-23(15)21(26)29-22(4,5)6/h10-11,15H,7-9H2,1-6H3. The minimum atomic E-state index is -0.711. The van der Waals surface area contributed by atoms with Crippen molar-refractivity contribution < 1.29 is 23.5 Å². The molecule has 0 spiro atoms. The van der Waals surface area contributed by atoms with E-state index in [1.807, 2.05) is 6.92 Å². The van der Waals surface area contributed by atoms with E-state index in [9.17, 15) is 14.4 Å². The van der Waals surface area contributed by atoms with Gasteiger partial charge in [-0.1, -0.05) is 0 Å². The third-order valence-corrected chi connectivity index (χ3v) is 5.02. The van der Waals surface area contributed by atoms with Crippen LogP contribution in [0.1, 0.15) is 50.3 Å². The fourth-order valence-electron chi connectivity index (χ4n) is 3.50. The Morgan fingerprint density at radius 3 is 2.48 bits per heavy atom. The second-order valence-corrected chi connectivity index (χ2v) is 8.53. The molecule has 3 rings (SSSR count). The Morgan fingerprint density at radius 2 is 1.83 bits per heavy atom. The van der Waals surface area contributed by atoms with Crippen LogP contribution in [0.15, 0.2) is 21.3 Å². The number of hydrogen-bond donors (Lipinski definition) is 0. The van der Waals surface area contributed by atoms with Crippen molar-refractivity contribution in [3.8, 4) is 5.75 Å². The van der Waals surface area contributed by atoms with Gasteiger partial charge in [0, 0.05) is 12.1 Å². The highest BCUT2D eigenvalue weighted by molar-refractivity contribution is 5.92. The minimum Gasteiger partial charge on any atom is -0.444 e. The number of rotatable bonds is 2. The highest BCUT2D eigenvalue weighted by Gasteiger charge is 2.38. The normalized spacial score (nSPS) is 16.9. The zero-order valence-corrected chi connectivity index (χ0v) is 17.8. The van der Waals surface area contributed by atoms with Crippen LogP contribution >= 0.6 is 0 Å². The van der Waals surface area contributed by atoms with Crippen molar-refractivity contribution in [3.63, 3.8) is 0 Å². The first-order chi connectivity index (χ1) is 13.5. The zero-order chi connectivity index (χ0) is 21.5. The van der Waals surface area contributed by atoms with Crippen molar-refractivity contribution in [2.75, 3.05) is 6.54 Å². The van der Waals surface area contributed by atoms with Gasteiger partial charge in [-0.3, -0.25) is 4.90 Å². The molecule has 0 N–H and O–H groups in total. The fraction of sp³-hybridized carbons (Fsp3) is 0.500. The van der Waals surface area contributed by atoms with E-state index in [4.69, 9.17) is 13.9 Å². The Kier molecular flexibility index (Phi) is 5.43. The summed E-state index contributed by atoms with van der Waals surface area (Å²) in [6.07, 6.45) is 0.680. The molecule has 7 heteroatoms. The third kappa shape index (κ3) is 4.28.